The Morgan fingerprint density at radius 1 is 1.10 bits per heavy atom. The number of phenols is 1. The third-order valence-electron chi connectivity index (χ3n) is 5.00. The second-order valence-corrected chi connectivity index (χ2v) is 6.98. The molecule has 0 atom stereocenters. The number of para-hydroxylation sites is 2. The highest BCUT2D eigenvalue weighted by Gasteiger charge is 2.23. The first-order valence-corrected chi connectivity index (χ1v) is 9.66. The molecule has 2 N–H and O–H groups in total. The number of aromatic nitrogens is 2. The number of hydrazone groups is 1. The fraction of sp³-hybridized carbons (Fsp3) is 0.227. The number of hydrogen-bond acceptors (Lipinski definition) is 5. The number of carbonyl (C=O) groups is 1. The van der Waals surface area contributed by atoms with E-state index in [1.165, 1.54) is 6.07 Å². The number of nitrogens with one attached hydrogen (secondary N) is 1. The van der Waals surface area contributed by atoms with Gasteiger partial charge in [-0.2, -0.15) is 10.2 Å². The zero-order valence-electron chi connectivity index (χ0n) is 16.2. The van der Waals surface area contributed by atoms with E-state index in [0.717, 1.165) is 48.7 Å². The number of anilines is 1. The molecule has 1 aliphatic heterocycles. The molecular formula is C22H23N5O2. The van der Waals surface area contributed by atoms with Gasteiger partial charge in [-0.25, -0.2) is 10.1 Å². The van der Waals surface area contributed by atoms with E-state index in [1.54, 1.807) is 24.4 Å². The molecule has 1 amide bonds. The highest BCUT2D eigenvalue weighted by Crippen LogP contribution is 2.29. The predicted molar refractivity (Wildman–Crippen MR) is 113 cm³/mol. The molecule has 1 saturated heterocycles. The summed E-state index contributed by atoms with van der Waals surface area (Å²) in [6, 6.07) is 16.4. The Morgan fingerprint density at radius 3 is 2.52 bits per heavy atom. The molecule has 2 heterocycles. The van der Waals surface area contributed by atoms with E-state index in [1.807, 2.05) is 41.9 Å². The molecule has 2 aromatic carbocycles. The second-order valence-electron chi connectivity index (χ2n) is 6.98. The summed E-state index contributed by atoms with van der Waals surface area (Å²) in [5.74, 6) is 0.438. The number of hydrogen-bond donors (Lipinski definition) is 2. The van der Waals surface area contributed by atoms with Crippen LogP contribution in [0.4, 0.5) is 5.82 Å². The van der Waals surface area contributed by atoms with Crippen molar-refractivity contribution in [3.05, 3.63) is 71.4 Å². The number of phenolic OH excluding ortho intramolecular Hbond substituents is 1. The van der Waals surface area contributed by atoms with Crippen LogP contribution in [0.1, 0.15) is 34.5 Å². The number of aromatic hydroxyl groups is 1. The largest absolute Gasteiger partial charge is 0.507 e. The van der Waals surface area contributed by atoms with Crippen LogP contribution in [0, 0.1) is 6.92 Å². The molecule has 7 nitrogen and oxygen atoms in total. The van der Waals surface area contributed by atoms with Crippen LogP contribution in [-0.2, 0) is 0 Å². The highest BCUT2D eigenvalue weighted by molar-refractivity contribution is 5.97. The Bertz CT molecular complexity index is 1040. The Labute approximate surface area is 169 Å². The SMILES string of the molecule is Cc1nn(-c2ccccc2)c(N2CCCC2)c1C=NNC(=O)c1ccccc1O. The summed E-state index contributed by atoms with van der Waals surface area (Å²) in [5.41, 5.74) is 5.36. The molecule has 0 bridgehead atoms. The average Bonchev–Trinajstić information content (AvgIpc) is 3.37. The molecule has 7 heteroatoms. The molecule has 0 unspecified atom stereocenters. The van der Waals surface area contributed by atoms with Crippen LogP contribution in [-0.4, -0.2) is 40.1 Å². The molecule has 4 rings (SSSR count). The van der Waals surface area contributed by atoms with Crippen molar-refractivity contribution in [2.45, 2.75) is 19.8 Å². The lowest BCUT2D eigenvalue weighted by molar-refractivity contribution is 0.0952. The summed E-state index contributed by atoms with van der Waals surface area (Å²) >= 11 is 0. The van der Waals surface area contributed by atoms with Crippen molar-refractivity contribution < 1.29 is 9.90 Å². The number of benzene rings is 2. The topological polar surface area (TPSA) is 82.8 Å². The number of amides is 1. The lowest BCUT2D eigenvalue weighted by Gasteiger charge is -2.20. The van der Waals surface area contributed by atoms with Crippen LogP contribution in [0.5, 0.6) is 5.75 Å². The molecule has 0 saturated carbocycles. The Kier molecular flexibility index (Phi) is 5.29. The van der Waals surface area contributed by atoms with Gasteiger partial charge in [0.1, 0.15) is 11.6 Å². The summed E-state index contributed by atoms with van der Waals surface area (Å²) in [6.07, 6.45) is 3.91. The first-order chi connectivity index (χ1) is 14.1. The van der Waals surface area contributed by atoms with Gasteiger partial charge < -0.3 is 10.0 Å². The smallest absolute Gasteiger partial charge is 0.275 e. The van der Waals surface area contributed by atoms with Crippen LogP contribution >= 0.6 is 0 Å². The molecule has 0 spiro atoms. The van der Waals surface area contributed by atoms with Crippen LogP contribution in [0.25, 0.3) is 5.69 Å². The van der Waals surface area contributed by atoms with E-state index < -0.39 is 5.91 Å². The second kappa shape index (κ2) is 8.18. The lowest BCUT2D eigenvalue weighted by Crippen LogP contribution is -2.23. The summed E-state index contributed by atoms with van der Waals surface area (Å²) < 4.78 is 1.94. The molecule has 1 aromatic heterocycles. The third kappa shape index (κ3) is 3.85. The number of carbonyl (C=O) groups excluding carboxylic acids is 1. The Morgan fingerprint density at radius 2 is 1.79 bits per heavy atom. The Hall–Kier alpha value is -3.61. The monoisotopic (exact) mass is 389 g/mol. The normalized spacial score (nSPS) is 13.9. The zero-order valence-corrected chi connectivity index (χ0v) is 16.2. The summed E-state index contributed by atoms with van der Waals surface area (Å²) in [7, 11) is 0. The fourth-order valence-electron chi connectivity index (χ4n) is 3.54. The van der Waals surface area contributed by atoms with E-state index in [9.17, 15) is 9.90 Å². The number of nitrogens with zero attached hydrogens (tertiary/aromatic N) is 4. The van der Waals surface area contributed by atoms with Gasteiger partial charge in [0, 0.05) is 13.1 Å². The van der Waals surface area contributed by atoms with Gasteiger partial charge in [-0.1, -0.05) is 30.3 Å². The molecule has 1 aliphatic rings. The van der Waals surface area contributed by atoms with Crippen LogP contribution in [0.3, 0.4) is 0 Å². The van der Waals surface area contributed by atoms with Crippen molar-refractivity contribution in [1.29, 1.82) is 0 Å². The molecule has 3 aromatic rings. The minimum absolute atomic E-state index is 0.0777. The number of rotatable bonds is 5. The molecule has 0 aliphatic carbocycles. The fourth-order valence-corrected chi connectivity index (χ4v) is 3.54. The molecule has 29 heavy (non-hydrogen) atoms. The van der Waals surface area contributed by atoms with Crippen LogP contribution in [0.2, 0.25) is 0 Å². The zero-order chi connectivity index (χ0) is 20.2. The minimum Gasteiger partial charge on any atom is -0.507 e. The molecular weight excluding hydrogens is 366 g/mol. The van der Waals surface area contributed by atoms with E-state index in [2.05, 4.69) is 15.4 Å². The Balaban J connectivity index is 1.64. The van der Waals surface area contributed by atoms with E-state index >= 15 is 0 Å². The van der Waals surface area contributed by atoms with Gasteiger partial charge in [0.25, 0.3) is 5.91 Å². The van der Waals surface area contributed by atoms with Gasteiger partial charge in [-0.05, 0) is 44.0 Å². The first-order valence-electron chi connectivity index (χ1n) is 9.66. The third-order valence-corrected chi connectivity index (χ3v) is 5.00. The summed E-state index contributed by atoms with van der Waals surface area (Å²) in [6.45, 7) is 3.86. The van der Waals surface area contributed by atoms with Crippen LogP contribution in [0.15, 0.2) is 59.7 Å². The summed E-state index contributed by atoms with van der Waals surface area (Å²) in [4.78, 5) is 14.6. The van der Waals surface area contributed by atoms with E-state index in [4.69, 9.17) is 5.10 Å². The standard InChI is InChI=1S/C22H23N5O2/c1-16-19(15-23-24-21(29)18-11-5-6-12-20(18)28)22(26-13-7-8-14-26)27(25-16)17-9-3-2-4-10-17/h2-6,9-12,15,28H,7-8,13-14H2,1H3,(H,24,29). The van der Waals surface area contributed by atoms with Gasteiger partial charge >= 0.3 is 0 Å². The lowest BCUT2D eigenvalue weighted by atomic mass is 10.2. The van der Waals surface area contributed by atoms with Crippen LogP contribution < -0.4 is 10.3 Å². The van der Waals surface area contributed by atoms with Gasteiger partial charge in [0.05, 0.1) is 28.7 Å². The highest BCUT2D eigenvalue weighted by atomic mass is 16.3. The quantitative estimate of drug-likeness (QED) is 0.518. The van der Waals surface area contributed by atoms with Crippen molar-refractivity contribution in [1.82, 2.24) is 15.2 Å². The maximum absolute atomic E-state index is 12.3. The number of aryl methyl sites for hydroxylation is 1. The summed E-state index contributed by atoms with van der Waals surface area (Å²) in [5, 5.41) is 18.7. The molecule has 0 radical (unpaired) electrons. The predicted octanol–water partition coefficient (Wildman–Crippen LogP) is 3.25. The first kappa shape index (κ1) is 18.7. The van der Waals surface area contributed by atoms with Crippen molar-refractivity contribution in [3.63, 3.8) is 0 Å². The van der Waals surface area contributed by atoms with Gasteiger partial charge in [-0.15, -0.1) is 0 Å². The maximum atomic E-state index is 12.3. The van der Waals surface area contributed by atoms with Crippen molar-refractivity contribution in [3.8, 4) is 11.4 Å². The van der Waals surface area contributed by atoms with Gasteiger partial charge in [-0.3, -0.25) is 4.79 Å². The van der Waals surface area contributed by atoms with Crippen molar-refractivity contribution >= 4 is 17.9 Å². The van der Waals surface area contributed by atoms with Crippen molar-refractivity contribution in [2.24, 2.45) is 5.10 Å². The average molecular weight is 389 g/mol. The molecule has 148 valence electrons. The van der Waals surface area contributed by atoms with E-state index in [0.29, 0.717) is 0 Å². The molecule has 1 fully saturated rings. The maximum Gasteiger partial charge on any atom is 0.275 e. The van der Waals surface area contributed by atoms with Crippen molar-refractivity contribution in [2.75, 3.05) is 18.0 Å². The van der Waals surface area contributed by atoms with Gasteiger partial charge in [0.15, 0.2) is 0 Å². The van der Waals surface area contributed by atoms with Gasteiger partial charge in [0.2, 0.25) is 0 Å². The minimum atomic E-state index is -0.463. The van der Waals surface area contributed by atoms with E-state index in [-0.39, 0.29) is 11.3 Å².